The monoisotopic (exact) mass is 935 g/mol. The molecule has 0 saturated heterocycles. The van der Waals surface area contributed by atoms with E-state index in [1.165, 1.54) is 23.8 Å². The maximum atomic E-state index is 13.6. The summed E-state index contributed by atoms with van der Waals surface area (Å²) in [6.45, 7) is 1.47. The van der Waals surface area contributed by atoms with E-state index in [0.29, 0.717) is 13.0 Å². The zero-order chi connectivity index (χ0) is 46.2. The number of Topliss-reactive ketones (excluding diaryl/α,β-unsaturated/α-hetero) is 1. The lowest BCUT2D eigenvalue weighted by atomic mass is 9.97. The number of thioether (sulfide) groups is 1. The lowest BCUT2D eigenvalue weighted by molar-refractivity contribution is -0.139. The molecule has 0 radical (unpaired) electrons. The number of fused-ring (bicyclic) bond motifs is 1. The normalized spacial score (nSPS) is 12.5. The number of ketones is 1. The van der Waals surface area contributed by atoms with E-state index in [-0.39, 0.29) is 94.2 Å². The van der Waals surface area contributed by atoms with Crippen LogP contribution in [0.3, 0.4) is 0 Å². The maximum absolute atomic E-state index is 13.6. The van der Waals surface area contributed by atoms with E-state index in [0.717, 1.165) is 22.9 Å². The smallest absolute Gasteiger partial charge is 0.328 e. The summed E-state index contributed by atoms with van der Waals surface area (Å²) in [5.74, 6) is -5.26. The highest BCUT2D eigenvalue weighted by atomic mass is 35.5. The van der Waals surface area contributed by atoms with Crippen LogP contribution in [0.5, 0.6) is 11.8 Å². The van der Waals surface area contributed by atoms with E-state index in [1.54, 1.807) is 31.2 Å². The number of aromatic nitrogens is 4. The molecule has 3 unspecified atom stereocenters. The van der Waals surface area contributed by atoms with Crippen molar-refractivity contribution >= 4 is 87.4 Å². The fourth-order valence-electron chi connectivity index (χ4n) is 5.70. The summed E-state index contributed by atoms with van der Waals surface area (Å²) >= 11 is 14.1. The van der Waals surface area contributed by atoms with Gasteiger partial charge in [0.05, 0.1) is 18.2 Å². The standard InChI is InChI=1S/C39H47Cl2N9O12S/c1-3-22(18-63-19-25(36(56)45-15-29(53)54)46-27(51)11-9-24(42)37(57)58)33(55)23-8-10-26(31(41)30(23)40)62-17-28(52)44-14-20-4-6-21(7-5-20)16-50-35-32(47-39(50)59)34(43)48-38(49-35)61-13-12-60-2/h4-8,10,22,24-25H,3,9,11-19,42H2,1-2H3,(H,44,52)(H,45,56)(H,46,51)(H,47,59)(H,53,54)(H,57,58)(H2,43,48,49). The first-order valence-electron chi connectivity index (χ1n) is 19.2. The van der Waals surface area contributed by atoms with E-state index in [2.05, 4.69) is 30.9 Å². The molecule has 0 aliphatic heterocycles. The number of H-pyrrole nitrogens is 1. The molecule has 4 rings (SSSR count). The van der Waals surface area contributed by atoms with Crippen molar-refractivity contribution in [3.63, 3.8) is 0 Å². The first-order valence-corrected chi connectivity index (χ1v) is 21.2. The number of nitrogen functional groups attached to an aromatic ring is 1. The van der Waals surface area contributed by atoms with Crippen molar-refractivity contribution in [1.29, 1.82) is 0 Å². The third kappa shape index (κ3) is 14.6. The number of nitrogens with two attached hydrogens (primary N) is 2. The van der Waals surface area contributed by atoms with Crippen LogP contribution in [0.2, 0.25) is 10.0 Å². The number of carbonyl (C=O) groups excluding carboxylic acids is 4. The minimum atomic E-state index is -1.30. The second-order valence-corrected chi connectivity index (χ2v) is 15.6. The minimum Gasteiger partial charge on any atom is -0.482 e. The van der Waals surface area contributed by atoms with Gasteiger partial charge in [0.15, 0.2) is 23.9 Å². The number of imidazole rings is 1. The van der Waals surface area contributed by atoms with Gasteiger partial charge in [-0.05, 0) is 36.1 Å². The molecule has 2 aromatic heterocycles. The molecule has 2 aromatic carbocycles. The van der Waals surface area contributed by atoms with Crippen molar-refractivity contribution in [2.45, 2.75) is 51.4 Å². The van der Waals surface area contributed by atoms with Crippen LogP contribution in [0.4, 0.5) is 5.82 Å². The number of carbonyl (C=O) groups is 6. The molecule has 10 N–H and O–H groups in total. The number of aromatic amines is 1. The Morgan fingerprint density at radius 1 is 0.937 bits per heavy atom. The van der Waals surface area contributed by atoms with Crippen molar-refractivity contribution in [3.05, 3.63) is 73.6 Å². The minimum absolute atomic E-state index is 0.00617. The summed E-state index contributed by atoms with van der Waals surface area (Å²) in [7, 11) is 1.53. The lowest BCUT2D eigenvalue weighted by Gasteiger charge is -2.20. The van der Waals surface area contributed by atoms with Gasteiger partial charge < -0.3 is 56.8 Å². The first-order chi connectivity index (χ1) is 30.0. The number of benzene rings is 2. The van der Waals surface area contributed by atoms with E-state index in [9.17, 15) is 33.6 Å². The summed E-state index contributed by atoms with van der Waals surface area (Å²) in [4.78, 5) is 97.3. The van der Waals surface area contributed by atoms with Crippen LogP contribution in [0, 0.1) is 5.92 Å². The van der Waals surface area contributed by atoms with Crippen molar-refractivity contribution < 1.29 is 53.2 Å². The van der Waals surface area contributed by atoms with Gasteiger partial charge in [-0.15, -0.1) is 0 Å². The molecule has 0 fully saturated rings. The Kier molecular flexibility index (Phi) is 19.0. The molecule has 24 heteroatoms. The van der Waals surface area contributed by atoms with Gasteiger partial charge in [0.1, 0.15) is 41.5 Å². The number of methoxy groups -OCH3 is 1. The average Bonchev–Trinajstić information content (AvgIpc) is 3.57. The molecule has 0 aliphatic rings. The van der Waals surface area contributed by atoms with Crippen molar-refractivity contribution in [3.8, 4) is 11.8 Å². The Morgan fingerprint density at radius 2 is 1.65 bits per heavy atom. The number of nitrogens with zero attached hydrogens (tertiary/aromatic N) is 3. The third-order valence-electron chi connectivity index (χ3n) is 9.21. The SMILES string of the molecule is CCC(CSCC(NC(=O)CCC(N)C(=O)O)C(=O)NCC(=O)O)C(=O)c1ccc(OCC(=O)NCc2ccc(Cn3c(=O)[nH]c4c(N)nc(OCCOC)nc43)cc2)c(Cl)c1Cl. The number of nitrogens with one attached hydrogen (secondary N) is 4. The van der Waals surface area contributed by atoms with Crippen LogP contribution in [0.15, 0.2) is 41.2 Å². The molecule has 4 aromatic rings. The molecule has 21 nitrogen and oxygen atoms in total. The Hall–Kier alpha value is -5.94. The van der Waals surface area contributed by atoms with Crippen LogP contribution in [0.25, 0.3) is 11.2 Å². The quantitative estimate of drug-likeness (QED) is 0.0327. The van der Waals surface area contributed by atoms with Gasteiger partial charge in [-0.25, -0.2) is 4.79 Å². The molecule has 3 atom stereocenters. The molecule has 2 heterocycles. The zero-order valence-corrected chi connectivity index (χ0v) is 36.4. The van der Waals surface area contributed by atoms with Crippen LogP contribution in [-0.4, -0.2) is 122 Å². The van der Waals surface area contributed by atoms with Gasteiger partial charge in [-0.2, -0.15) is 21.7 Å². The number of aliphatic carboxylic acids is 2. The molecule has 63 heavy (non-hydrogen) atoms. The van der Waals surface area contributed by atoms with Gasteiger partial charge in [-0.1, -0.05) is 54.4 Å². The largest absolute Gasteiger partial charge is 0.482 e. The predicted octanol–water partition coefficient (Wildman–Crippen LogP) is 1.60. The van der Waals surface area contributed by atoms with Gasteiger partial charge in [-0.3, -0.25) is 33.3 Å². The number of ether oxygens (including phenoxy) is 3. The van der Waals surface area contributed by atoms with Crippen molar-refractivity contribution in [1.82, 2.24) is 35.5 Å². The highest BCUT2D eigenvalue weighted by molar-refractivity contribution is 7.99. The number of carboxylic acids is 2. The topological polar surface area (TPSA) is 322 Å². The highest BCUT2D eigenvalue weighted by Crippen LogP contribution is 2.36. The van der Waals surface area contributed by atoms with Gasteiger partial charge in [0.2, 0.25) is 11.8 Å². The molecule has 3 amide bonds. The average molecular weight is 937 g/mol. The predicted molar refractivity (Wildman–Crippen MR) is 232 cm³/mol. The Balaban J connectivity index is 1.29. The van der Waals surface area contributed by atoms with Crippen molar-refractivity contribution in [2.75, 3.05) is 50.7 Å². The van der Waals surface area contributed by atoms with Crippen LogP contribution in [0.1, 0.15) is 47.7 Å². The highest BCUT2D eigenvalue weighted by Gasteiger charge is 2.27. The number of amides is 3. The number of hydrogen-bond acceptors (Lipinski definition) is 15. The first kappa shape index (κ1) is 49.7. The van der Waals surface area contributed by atoms with E-state index in [1.807, 2.05) is 0 Å². The molecular weight excluding hydrogens is 889 g/mol. The van der Waals surface area contributed by atoms with Crippen LogP contribution >= 0.6 is 35.0 Å². The van der Waals surface area contributed by atoms with Crippen molar-refractivity contribution in [2.24, 2.45) is 11.7 Å². The van der Waals surface area contributed by atoms with E-state index in [4.69, 9.17) is 59.1 Å². The molecule has 0 bridgehead atoms. The maximum Gasteiger partial charge on any atom is 0.328 e. The fourth-order valence-corrected chi connectivity index (χ4v) is 7.45. The Morgan fingerprint density at radius 3 is 2.32 bits per heavy atom. The number of halogens is 2. The summed E-state index contributed by atoms with van der Waals surface area (Å²) < 4.78 is 17.5. The molecule has 0 aliphatic carbocycles. The second kappa shape index (κ2) is 24.1. The zero-order valence-electron chi connectivity index (χ0n) is 34.1. The van der Waals surface area contributed by atoms with Gasteiger partial charge >= 0.3 is 23.6 Å². The summed E-state index contributed by atoms with van der Waals surface area (Å²) in [5, 5.41) is 25.2. The second-order valence-electron chi connectivity index (χ2n) is 13.8. The summed E-state index contributed by atoms with van der Waals surface area (Å²) in [5.41, 5.74) is 13.2. The molecule has 0 saturated carbocycles. The van der Waals surface area contributed by atoms with Gasteiger partial charge in [0, 0.05) is 43.1 Å². The number of rotatable bonds is 26. The van der Waals surface area contributed by atoms with Crippen LogP contribution in [-0.2, 0) is 41.8 Å². The van der Waals surface area contributed by atoms with E-state index < -0.39 is 66.5 Å². The molecule has 340 valence electrons. The molecule has 0 spiro atoms. The van der Waals surface area contributed by atoms with Crippen LogP contribution < -0.4 is 42.6 Å². The lowest BCUT2D eigenvalue weighted by Crippen LogP contribution is -2.49. The summed E-state index contributed by atoms with van der Waals surface area (Å²) in [6.07, 6.45) is -0.124. The Labute approximate surface area is 373 Å². The molecular formula is C39H47Cl2N9O12S. The number of hydrogen-bond donors (Lipinski definition) is 8. The third-order valence-corrected chi connectivity index (χ3v) is 11.3. The summed E-state index contributed by atoms with van der Waals surface area (Å²) in [6, 6.07) is 7.51. The van der Waals surface area contributed by atoms with Gasteiger partial charge in [0.25, 0.3) is 5.91 Å². The number of anilines is 1. The fraction of sp³-hybridized carbons (Fsp3) is 0.410. The Bertz CT molecular complexity index is 2350. The number of carboxylic acid groups (broad SMARTS) is 2. The van der Waals surface area contributed by atoms with E-state index >= 15 is 0 Å².